The molecule has 0 radical (unpaired) electrons. The number of hydrogen-bond donors (Lipinski definition) is 2. The minimum atomic E-state index is -0.902. The van der Waals surface area contributed by atoms with Crippen LogP contribution in [0.15, 0.2) is 18.2 Å². The maximum atomic E-state index is 11.5. The summed E-state index contributed by atoms with van der Waals surface area (Å²) < 4.78 is 0. The second kappa shape index (κ2) is 5.09. The summed E-state index contributed by atoms with van der Waals surface area (Å²) in [4.78, 5) is 24.6. The number of nitrogens with two attached hydrogens (primary N) is 1. The van der Waals surface area contributed by atoms with Crippen LogP contribution in [0.5, 0.6) is 0 Å². The number of hydrogen-bond acceptors (Lipinski definition) is 3. The fraction of sp³-hybridized carbons (Fsp3) is 0.385. The molecule has 1 fully saturated rings. The number of amides is 1. The zero-order chi connectivity index (χ0) is 14.2. The average molecular weight is 283 g/mol. The van der Waals surface area contributed by atoms with Crippen molar-refractivity contribution in [3.05, 3.63) is 28.8 Å². The summed E-state index contributed by atoms with van der Waals surface area (Å²) in [6.07, 6.45) is 0.752. The first kappa shape index (κ1) is 13.7. The molecular formula is C13H15ClN2O3. The molecular weight excluding hydrogens is 268 g/mol. The lowest BCUT2D eigenvalue weighted by atomic mass is 10.0. The number of primary amides is 1. The van der Waals surface area contributed by atoms with Gasteiger partial charge in [0.15, 0.2) is 0 Å². The van der Waals surface area contributed by atoms with Crippen LogP contribution >= 0.6 is 11.6 Å². The fourth-order valence-corrected chi connectivity index (χ4v) is 2.85. The highest BCUT2D eigenvalue weighted by Gasteiger charge is 2.38. The normalized spacial score (nSPS) is 22.5. The van der Waals surface area contributed by atoms with Gasteiger partial charge in [-0.05, 0) is 24.5 Å². The lowest BCUT2D eigenvalue weighted by Crippen LogP contribution is -2.40. The Labute approximate surface area is 116 Å². The number of halogens is 1. The lowest BCUT2D eigenvalue weighted by molar-refractivity contribution is -0.139. The molecule has 2 unspecified atom stereocenters. The number of nitrogens with zero attached hydrogens (tertiary/aromatic N) is 1. The minimum absolute atomic E-state index is 0.0113. The van der Waals surface area contributed by atoms with Gasteiger partial charge in [-0.2, -0.15) is 0 Å². The summed E-state index contributed by atoms with van der Waals surface area (Å²) in [5.74, 6) is -1.54. The Bertz CT molecular complexity index is 533. The largest absolute Gasteiger partial charge is 0.480 e. The third kappa shape index (κ3) is 2.38. The second-order valence-corrected chi connectivity index (χ2v) is 5.15. The molecule has 2 rings (SSSR count). The molecule has 2 atom stereocenters. The third-order valence-electron chi connectivity index (χ3n) is 3.50. The Morgan fingerprint density at radius 3 is 2.74 bits per heavy atom. The van der Waals surface area contributed by atoms with Gasteiger partial charge in [0.05, 0.1) is 16.3 Å². The summed E-state index contributed by atoms with van der Waals surface area (Å²) >= 11 is 5.99. The van der Waals surface area contributed by atoms with Crippen molar-refractivity contribution in [3.63, 3.8) is 0 Å². The number of carboxylic acids is 1. The quantitative estimate of drug-likeness (QED) is 0.884. The van der Waals surface area contributed by atoms with Crippen LogP contribution in [0.2, 0.25) is 5.02 Å². The Balaban J connectivity index is 2.50. The molecule has 1 aromatic carbocycles. The SMILES string of the molecule is CC1CCN(c2cccc(Cl)c2C(N)=O)C1C(=O)O. The topological polar surface area (TPSA) is 83.6 Å². The van der Waals surface area contributed by atoms with Crippen LogP contribution in [0.25, 0.3) is 0 Å². The molecule has 3 N–H and O–H groups in total. The van der Waals surface area contributed by atoms with Gasteiger partial charge in [-0.1, -0.05) is 24.6 Å². The number of carbonyl (C=O) groups excluding carboxylic acids is 1. The molecule has 1 aliphatic rings. The van der Waals surface area contributed by atoms with Crippen LogP contribution in [0.4, 0.5) is 5.69 Å². The molecule has 1 saturated heterocycles. The van der Waals surface area contributed by atoms with E-state index in [4.69, 9.17) is 17.3 Å². The molecule has 1 aliphatic heterocycles. The van der Waals surface area contributed by atoms with E-state index in [-0.39, 0.29) is 16.5 Å². The van der Waals surface area contributed by atoms with E-state index in [1.54, 1.807) is 23.1 Å². The van der Waals surface area contributed by atoms with Gasteiger partial charge in [-0.25, -0.2) is 4.79 Å². The molecule has 19 heavy (non-hydrogen) atoms. The van der Waals surface area contributed by atoms with Crippen LogP contribution in [0.3, 0.4) is 0 Å². The van der Waals surface area contributed by atoms with E-state index in [0.29, 0.717) is 12.2 Å². The molecule has 1 aromatic rings. The Morgan fingerprint density at radius 1 is 1.47 bits per heavy atom. The highest BCUT2D eigenvalue weighted by molar-refractivity contribution is 6.34. The molecule has 6 heteroatoms. The molecule has 0 aliphatic carbocycles. The van der Waals surface area contributed by atoms with E-state index in [1.807, 2.05) is 6.92 Å². The van der Waals surface area contributed by atoms with E-state index < -0.39 is 17.9 Å². The van der Waals surface area contributed by atoms with E-state index in [2.05, 4.69) is 0 Å². The average Bonchev–Trinajstić information content (AvgIpc) is 2.70. The van der Waals surface area contributed by atoms with Crippen molar-refractivity contribution < 1.29 is 14.7 Å². The van der Waals surface area contributed by atoms with Crippen molar-refractivity contribution in [2.75, 3.05) is 11.4 Å². The van der Waals surface area contributed by atoms with Crippen LogP contribution in [0, 0.1) is 5.92 Å². The molecule has 1 amide bonds. The van der Waals surface area contributed by atoms with Gasteiger partial charge in [-0.3, -0.25) is 4.79 Å². The molecule has 0 spiro atoms. The van der Waals surface area contributed by atoms with Crippen LogP contribution < -0.4 is 10.6 Å². The standard InChI is InChI=1S/C13H15ClN2O3/c1-7-5-6-16(11(7)13(18)19)9-4-2-3-8(14)10(9)12(15)17/h2-4,7,11H,5-6H2,1H3,(H2,15,17)(H,18,19). The fourth-order valence-electron chi connectivity index (χ4n) is 2.59. The van der Waals surface area contributed by atoms with Gasteiger partial charge in [0.25, 0.3) is 5.91 Å². The molecule has 102 valence electrons. The van der Waals surface area contributed by atoms with Crippen molar-refractivity contribution in [2.24, 2.45) is 11.7 Å². The monoisotopic (exact) mass is 282 g/mol. The van der Waals surface area contributed by atoms with Gasteiger partial charge in [0.1, 0.15) is 6.04 Å². The highest BCUT2D eigenvalue weighted by Crippen LogP contribution is 2.34. The van der Waals surface area contributed by atoms with Crippen LogP contribution in [-0.2, 0) is 4.79 Å². The second-order valence-electron chi connectivity index (χ2n) is 4.74. The number of carboxylic acid groups (broad SMARTS) is 1. The molecule has 0 bridgehead atoms. The molecule has 1 heterocycles. The number of carbonyl (C=O) groups is 2. The number of aliphatic carboxylic acids is 1. The summed E-state index contributed by atoms with van der Waals surface area (Å²) in [6.45, 7) is 2.45. The van der Waals surface area contributed by atoms with E-state index in [9.17, 15) is 14.7 Å². The first-order valence-corrected chi connectivity index (χ1v) is 6.39. The number of rotatable bonds is 3. The van der Waals surface area contributed by atoms with Crippen molar-refractivity contribution in [1.82, 2.24) is 0 Å². The first-order valence-electron chi connectivity index (χ1n) is 6.01. The maximum absolute atomic E-state index is 11.5. The smallest absolute Gasteiger partial charge is 0.326 e. The van der Waals surface area contributed by atoms with Crippen molar-refractivity contribution >= 4 is 29.2 Å². The predicted octanol–water partition coefficient (Wildman–Crippen LogP) is 1.74. The predicted molar refractivity (Wildman–Crippen MR) is 72.5 cm³/mol. The van der Waals surface area contributed by atoms with E-state index in [0.717, 1.165) is 6.42 Å². The van der Waals surface area contributed by atoms with Crippen molar-refractivity contribution in [3.8, 4) is 0 Å². The maximum Gasteiger partial charge on any atom is 0.326 e. The van der Waals surface area contributed by atoms with Gasteiger partial charge >= 0.3 is 5.97 Å². The molecule has 0 aromatic heterocycles. The summed E-state index contributed by atoms with van der Waals surface area (Å²) in [6, 6.07) is 4.28. The van der Waals surface area contributed by atoms with E-state index >= 15 is 0 Å². The lowest BCUT2D eigenvalue weighted by Gasteiger charge is -2.27. The third-order valence-corrected chi connectivity index (χ3v) is 3.82. The van der Waals surface area contributed by atoms with Crippen molar-refractivity contribution in [1.29, 1.82) is 0 Å². The minimum Gasteiger partial charge on any atom is -0.480 e. The Morgan fingerprint density at radius 2 is 2.16 bits per heavy atom. The van der Waals surface area contributed by atoms with Gasteiger partial charge in [0.2, 0.25) is 0 Å². The summed E-state index contributed by atoms with van der Waals surface area (Å²) in [7, 11) is 0. The van der Waals surface area contributed by atoms with Crippen molar-refractivity contribution in [2.45, 2.75) is 19.4 Å². The van der Waals surface area contributed by atoms with Crippen LogP contribution in [0.1, 0.15) is 23.7 Å². The van der Waals surface area contributed by atoms with E-state index in [1.165, 1.54) is 0 Å². The molecule has 0 saturated carbocycles. The molecule has 5 nitrogen and oxygen atoms in total. The Hall–Kier alpha value is -1.75. The highest BCUT2D eigenvalue weighted by atomic mass is 35.5. The van der Waals surface area contributed by atoms with Gasteiger partial charge in [0, 0.05) is 6.54 Å². The number of benzene rings is 1. The Kier molecular flexibility index (Phi) is 3.66. The zero-order valence-electron chi connectivity index (χ0n) is 10.5. The summed E-state index contributed by atoms with van der Waals surface area (Å²) in [5.41, 5.74) is 6.02. The summed E-state index contributed by atoms with van der Waals surface area (Å²) in [5, 5.41) is 9.57. The van der Waals surface area contributed by atoms with Gasteiger partial charge < -0.3 is 15.7 Å². The van der Waals surface area contributed by atoms with Gasteiger partial charge in [-0.15, -0.1) is 0 Å². The van der Waals surface area contributed by atoms with Crippen LogP contribution in [-0.4, -0.2) is 29.6 Å². The number of anilines is 1. The first-order chi connectivity index (χ1) is 8.93. The zero-order valence-corrected chi connectivity index (χ0v) is 11.2.